The molecule has 0 amide bonds. The number of thiocarbonyl (C=S) groups is 1. The Bertz CT molecular complexity index is 659. The van der Waals surface area contributed by atoms with Gasteiger partial charge in [-0.15, -0.1) is 0 Å². The van der Waals surface area contributed by atoms with E-state index in [1.165, 1.54) is 0 Å². The second kappa shape index (κ2) is 6.64. The van der Waals surface area contributed by atoms with Crippen molar-refractivity contribution in [2.45, 2.75) is 6.92 Å². The summed E-state index contributed by atoms with van der Waals surface area (Å²) in [6.45, 7) is 1.94. The maximum absolute atomic E-state index is 6.07. The van der Waals surface area contributed by atoms with Crippen LogP contribution in [0.4, 0.5) is 11.4 Å². The van der Waals surface area contributed by atoms with Crippen LogP contribution in [0.3, 0.4) is 0 Å². The van der Waals surface area contributed by atoms with Gasteiger partial charge in [0.05, 0.1) is 10.7 Å². The van der Waals surface area contributed by atoms with Gasteiger partial charge in [0.25, 0.3) is 0 Å². The van der Waals surface area contributed by atoms with Crippen LogP contribution >= 0.6 is 47.0 Å². The fourth-order valence-corrected chi connectivity index (χ4v) is 2.41. The third-order valence-corrected chi connectivity index (χ3v) is 3.77. The average Bonchev–Trinajstić information content (AvgIpc) is 2.37. The van der Waals surface area contributed by atoms with Crippen molar-refractivity contribution in [3.8, 4) is 0 Å². The molecule has 0 unspecified atom stereocenters. The smallest absolute Gasteiger partial charge is 0.175 e. The van der Waals surface area contributed by atoms with E-state index in [0.29, 0.717) is 25.9 Å². The van der Waals surface area contributed by atoms with Gasteiger partial charge in [-0.3, -0.25) is 0 Å². The summed E-state index contributed by atoms with van der Waals surface area (Å²) in [4.78, 5) is 0. The molecule has 2 nitrogen and oxygen atoms in total. The molecule has 0 aliphatic rings. The van der Waals surface area contributed by atoms with Crippen molar-refractivity contribution in [2.75, 3.05) is 10.6 Å². The van der Waals surface area contributed by atoms with Crippen LogP contribution in [0, 0.1) is 6.92 Å². The molecule has 0 aromatic heterocycles. The van der Waals surface area contributed by atoms with Crippen molar-refractivity contribution in [1.82, 2.24) is 0 Å². The first-order valence-electron chi connectivity index (χ1n) is 5.75. The Hall–Kier alpha value is -1.000. The van der Waals surface area contributed by atoms with E-state index in [4.69, 9.17) is 47.0 Å². The minimum atomic E-state index is 0.425. The van der Waals surface area contributed by atoms with E-state index in [1.807, 2.05) is 25.1 Å². The first-order chi connectivity index (χ1) is 9.45. The first-order valence-corrected chi connectivity index (χ1v) is 7.29. The fourth-order valence-electron chi connectivity index (χ4n) is 1.55. The highest BCUT2D eigenvalue weighted by Crippen LogP contribution is 2.26. The molecule has 0 saturated heterocycles. The Morgan fingerprint density at radius 2 is 1.70 bits per heavy atom. The molecule has 2 aromatic rings. The zero-order valence-electron chi connectivity index (χ0n) is 10.5. The lowest BCUT2D eigenvalue weighted by atomic mass is 10.2. The maximum Gasteiger partial charge on any atom is 0.175 e. The molecule has 20 heavy (non-hydrogen) atoms. The number of hydrogen-bond acceptors (Lipinski definition) is 1. The minimum Gasteiger partial charge on any atom is -0.332 e. The lowest BCUT2D eigenvalue weighted by Gasteiger charge is -2.12. The van der Waals surface area contributed by atoms with Gasteiger partial charge >= 0.3 is 0 Å². The third kappa shape index (κ3) is 4.00. The topological polar surface area (TPSA) is 24.1 Å². The van der Waals surface area contributed by atoms with Gasteiger partial charge in [-0.1, -0.05) is 40.9 Å². The van der Waals surface area contributed by atoms with E-state index >= 15 is 0 Å². The number of rotatable bonds is 2. The highest BCUT2D eigenvalue weighted by molar-refractivity contribution is 7.80. The third-order valence-electron chi connectivity index (χ3n) is 2.61. The van der Waals surface area contributed by atoms with Crippen molar-refractivity contribution in [1.29, 1.82) is 0 Å². The molecule has 0 atom stereocenters. The Morgan fingerprint density at radius 1 is 0.950 bits per heavy atom. The summed E-state index contributed by atoms with van der Waals surface area (Å²) in [7, 11) is 0. The molecule has 2 rings (SSSR count). The summed E-state index contributed by atoms with van der Waals surface area (Å²) in [5, 5.41) is 8.24. The highest BCUT2D eigenvalue weighted by Gasteiger charge is 2.05. The molecule has 0 aliphatic carbocycles. The van der Waals surface area contributed by atoms with Crippen molar-refractivity contribution >= 4 is 63.5 Å². The first kappa shape index (κ1) is 15.4. The van der Waals surface area contributed by atoms with Crippen molar-refractivity contribution in [3.05, 3.63) is 57.0 Å². The van der Waals surface area contributed by atoms with E-state index in [0.717, 1.165) is 11.3 Å². The van der Waals surface area contributed by atoms with Crippen LogP contribution in [-0.4, -0.2) is 5.11 Å². The van der Waals surface area contributed by atoms with E-state index in [9.17, 15) is 0 Å². The Labute approximate surface area is 138 Å². The van der Waals surface area contributed by atoms with Crippen LogP contribution in [0.5, 0.6) is 0 Å². The van der Waals surface area contributed by atoms with Gasteiger partial charge in [-0.2, -0.15) is 0 Å². The second-order valence-electron chi connectivity index (χ2n) is 4.17. The lowest BCUT2D eigenvalue weighted by molar-refractivity contribution is 1.46. The number of halogens is 3. The normalized spacial score (nSPS) is 10.2. The molecule has 0 aliphatic heterocycles. The molecule has 0 heterocycles. The van der Waals surface area contributed by atoms with Gasteiger partial charge in [-0.05, 0) is 55.0 Å². The quantitative estimate of drug-likeness (QED) is 0.676. The van der Waals surface area contributed by atoms with E-state index in [2.05, 4.69) is 10.6 Å². The van der Waals surface area contributed by atoms with Gasteiger partial charge in [0.2, 0.25) is 0 Å². The molecular weight excluding hydrogens is 335 g/mol. The van der Waals surface area contributed by atoms with Crippen molar-refractivity contribution in [2.24, 2.45) is 0 Å². The SMILES string of the molecule is Cc1ccc(NC(=S)Nc2ccc(Cl)cc2Cl)cc1Cl. The van der Waals surface area contributed by atoms with Crippen molar-refractivity contribution < 1.29 is 0 Å². The molecular formula is C14H11Cl3N2S. The van der Waals surface area contributed by atoms with Crippen LogP contribution in [0.1, 0.15) is 5.56 Å². The summed E-state index contributed by atoms with van der Waals surface area (Å²) in [6, 6.07) is 10.8. The van der Waals surface area contributed by atoms with Gasteiger partial charge in [0.15, 0.2) is 5.11 Å². The summed E-state index contributed by atoms with van der Waals surface area (Å²) in [5.41, 5.74) is 2.51. The summed E-state index contributed by atoms with van der Waals surface area (Å²) < 4.78 is 0. The number of nitrogens with one attached hydrogen (secondary N) is 2. The van der Waals surface area contributed by atoms with E-state index in [1.54, 1.807) is 18.2 Å². The van der Waals surface area contributed by atoms with Crippen LogP contribution in [0.15, 0.2) is 36.4 Å². The van der Waals surface area contributed by atoms with E-state index in [-0.39, 0.29) is 0 Å². The minimum absolute atomic E-state index is 0.425. The number of benzene rings is 2. The second-order valence-corrected chi connectivity index (χ2v) is 5.83. The molecule has 6 heteroatoms. The van der Waals surface area contributed by atoms with Crippen LogP contribution in [0.25, 0.3) is 0 Å². The summed E-state index contributed by atoms with van der Waals surface area (Å²) in [6.07, 6.45) is 0. The average molecular weight is 346 g/mol. The van der Waals surface area contributed by atoms with Gasteiger partial charge < -0.3 is 10.6 Å². The molecule has 0 fully saturated rings. The molecule has 2 aromatic carbocycles. The highest BCUT2D eigenvalue weighted by atomic mass is 35.5. The molecule has 0 spiro atoms. The van der Waals surface area contributed by atoms with Crippen LogP contribution < -0.4 is 10.6 Å². The maximum atomic E-state index is 6.07. The van der Waals surface area contributed by atoms with Gasteiger partial charge in [0, 0.05) is 15.7 Å². The summed E-state index contributed by atoms with van der Waals surface area (Å²) in [5.74, 6) is 0. The Balaban J connectivity index is 2.07. The predicted molar refractivity (Wildman–Crippen MR) is 92.5 cm³/mol. The lowest BCUT2D eigenvalue weighted by Crippen LogP contribution is -2.19. The van der Waals surface area contributed by atoms with Gasteiger partial charge in [0.1, 0.15) is 0 Å². The molecule has 0 saturated carbocycles. The number of anilines is 2. The Kier molecular flexibility index (Phi) is 5.11. The van der Waals surface area contributed by atoms with Gasteiger partial charge in [-0.25, -0.2) is 0 Å². The standard InChI is InChI=1S/C14H11Cl3N2S/c1-8-2-4-10(7-11(8)16)18-14(20)19-13-5-3-9(15)6-12(13)17/h2-7H,1H3,(H2,18,19,20). The summed E-state index contributed by atoms with van der Waals surface area (Å²) >= 11 is 23.2. The monoisotopic (exact) mass is 344 g/mol. The van der Waals surface area contributed by atoms with Crippen LogP contribution in [0.2, 0.25) is 15.1 Å². The number of aryl methyl sites for hydroxylation is 1. The zero-order chi connectivity index (χ0) is 14.7. The number of hydrogen-bond donors (Lipinski definition) is 2. The molecule has 104 valence electrons. The molecule has 0 bridgehead atoms. The predicted octanol–water partition coefficient (Wildman–Crippen LogP) is 5.76. The Morgan fingerprint density at radius 3 is 2.35 bits per heavy atom. The molecule has 2 N–H and O–H groups in total. The fraction of sp³-hybridized carbons (Fsp3) is 0.0714. The van der Waals surface area contributed by atoms with E-state index < -0.39 is 0 Å². The van der Waals surface area contributed by atoms with Crippen molar-refractivity contribution in [3.63, 3.8) is 0 Å². The molecule has 0 radical (unpaired) electrons. The zero-order valence-corrected chi connectivity index (χ0v) is 13.6. The van der Waals surface area contributed by atoms with Crippen LogP contribution in [-0.2, 0) is 0 Å². The largest absolute Gasteiger partial charge is 0.332 e.